The molecule has 1 aromatic carbocycles. The molecule has 2 nitrogen and oxygen atoms in total. The predicted octanol–water partition coefficient (Wildman–Crippen LogP) is 2.78. The van der Waals surface area contributed by atoms with Gasteiger partial charge in [-0.05, 0) is 26.0 Å². The molecular formula is C12H13NO. The van der Waals surface area contributed by atoms with E-state index in [1.807, 2.05) is 12.1 Å². The van der Waals surface area contributed by atoms with Gasteiger partial charge < -0.3 is 9.73 Å². The van der Waals surface area contributed by atoms with Gasteiger partial charge in [0.05, 0.1) is 0 Å². The predicted molar refractivity (Wildman–Crippen MR) is 56.3 cm³/mol. The molecule has 2 heterocycles. The monoisotopic (exact) mass is 187 g/mol. The van der Waals surface area contributed by atoms with Gasteiger partial charge in [0.2, 0.25) is 0 Å². The van der Waals surface area contributed by atoms with Crippen LogP contribution in [0.4, 0.5) is 0 Å². The van der Waals surface area contributed by atoms with Gasteiger partial charge in [-0.1, -0.05) is 18.2 Å². The standard InChI is InChI=1S/C12H13NO/c1-8-12(10-6-7-13-10)9-4-2-3-5-11(9)14-8/h2-5,10,13H,6-7H2,1H3. The lowest BCUT2D eigenvalue weighted by Gasteiger charge is -2.27. The van der Waals surface area contributed by atoms with Crippen molar-refractivity contribution in [3.8, 4) is 0 Å². The summed E-state index contributed by atoms with van der Waals surface area (Å²) in [6, 6.07) is 8.77. The summed E-state index contributed by atoms with van der Waals surface area (Å²) in [6.07, 6.45) is 1.23. The molecule has 1 aromatic heterocycles. The first-order chi connectivity index (χ1) is 6.86. The molecule has 1 atom stereocenters. The van der Waals surface area contributed by atoms with Crippen molar-refractivity contribution in [2.75, 3.05) is 6.54 Å². The van der Waals surface area contributed by atoms with Gasteiger partial charge in [-0.15, -0.1) is 0 Å². The lowest BCUT2D eigenvalue weighted by Crippen LogP contribution is -2.35. The maximum atomic E-state index is 5.72. The fourth-order valence-corrected chi connectivity index (χ4v) is 2.16. The van der Waals surface area contributed by atoms with Crippen LogP contribution in [0, 0.1) is 6.92 Å². The smallest absolute Gasteiger partial charge is 0.134 e. The van der Waals surface area contributed by atoms with Gasteiger partial charge >= 0.3 is 0 Å². The van der Waals surface area contributed by atoms with E-state index in [9.17, 15) is 0 Å². The van der Waals surface area contributed by atoms with Gasteiger partial charge in [0.1, 0.15) is 11.3 Å². The normalized spacial score (nSPS) is 21.1. The van der Waals surface area contributed by atoms with E-state index in [1.165, 1.54) is 17.4 Å². The summed E-state index contributed by atoms with van der Waals surface area (Å²) in [5.41, 5.74) is 2.36. The number of hydrogen-bond donors (Lipinski definition) is 1. The molecule has 72 valence electrons. The molecule has 14 heavy (non-hydrogen) atoms. The third-order valence-corrected chi connectivity index (χ3v) is 2.99. The van der Waals surface area contributed by atoms with Crippen LogP contribution in [-0.2, 0) is 0 Å². The minimum Gasteiger partial charge on any atom is -0.461 e. The molecule has 0 amide bonds. The van der Waals surface area contributed by atoms with Gasteiger partial charge in [0, 0.05) is 17.0 Å². The highest BCUT2D eigenvalue weighted by Crippen LogP contribution is 2.34. The maximum absolute atomic E-state index is 5.72. The van der Waals surface area contributed by atoms with E-state index in [2.05, 4.69) is 24.4 Å². The minimum absolute atomic E-state index is 0.513. The quantitative estimate of drug-likeness (QED) is 0.742. The Kier molecular flexibility index (Phi) is 1.64. The zero-order valence-corrected chi connectivity index (χ0v) is 8.21. The number of fused-ring (bicyclic) bond motifs is 1. The molecule has 1 unspecified atom stereocenters. The van der Waals surface area contributed by atoms with Crippen molar-refractivity contribution in [3.05, 3.63) is 35.6 Å². The Morgan fingerprint density at radius 1 is 1.36 bits per heavy atom. The lowest BCUT2D eigenvalue weighted by atomic mass is 9.95. The van der Waals surface area contributed by atoms with Crippen molar-refractivity contribution in [2.45, 2.75) is 19.4 Å². The van der Waals surface area contributed by atoms with Crippen LogP contribution >= 0.6 is 0 Å². The molecule has 1 aliphatic rings. The maximum Gasteiger partial charge on any atom is 0.134 e. The topological polar surface area (TPSA) is 25.2 Å². The molecule has 0 radical (unpaired) electrons. The summed E-state index contributed by atoms with van der Waals surface area (Å²) in [6.45, 7) is 3.18. The van der Waals surface area contributed by atoms with Gasteiger partial charge in [-0.2, -0.15) is 0 Å². The van der Waals surface area contributed by atoms with Crippen LogP contribution < -0.4 is 5.32 Å². The molecule has 1 N–H and O–H groups in total. The second-order valence-corrected chi connectivity index (χ2v) is 3.86. The zero-order chi connectivity index (χ0) is 9.54. The molecule has 1 aliphatic heterocycles. The number of furan rings is 1. The van der Waals surface area contributed by atoms with E-state index in [1.54, 1.807) is 0 Å². The highest BCUT2D eigenvalue weighted by atomic mass is 16.3. The first-order valence-electron chi connectivity index (χ1n) is 5.07. The third-order valence-electron chi connectivity index (χ3n) is 2.99. The molecule has 1 fully saturated rings. The fourth-order valence-electron chi connectivity index (χ4n) is 2.16. The summed E-state index contributed by atoms with van der Waals surface area (Å²) in [4.78, 5) is 0. The molecule has 1 saturated heterocycles. The molecule has 2 heteroatoms. The van der Waals surface area contributed by atoms with Crippen LogP contribution in [0.25, 0.3) is 11.0 Å². The first-order valence-corrected chi connectivity index (χ1v) is 5.07. The SMILES string of the molecule is Cc1oc2ccccc2c1C1CCN1. The Bertz CT molecular complexity index is 468. The van der Waals surface area contributed by atoms with Crippen molar-refractivity contribution in [3.63, 3.8) is 0 Å². The second-order valence-electron chi connectivity index (χ2n) is 3.86. The van der Waals surface area contributed by atoms with Gasteiger partial charge in [0.15, 0.2) is 0 Å². The number of rotatable bonds is 1. The van der Waals surface area contributed by atoms with Crippen molar-refractivity contribution >= 4 is 11.0 Å². The Morgan fingerprint density at radius 3 is 2.86 bits per heavy atom. The Labute approximate surface area is 82.9 Å². The lowest BCUT2D eigenvalue weighted by molar-refractivity contribution is 0.378. The number of hydrogen-bond acceptors (Lipinski definition) is 2. The van der Waals surface area contributed by atoms with Crippen molar-refractivity contribution < 1.29 is 4.42 Å². The van der Waals surface area contributed by atoms with E-state index in [0.29, 0.717) is 6.04 Å². The summed E-state index contributed by atoms with van der Waals surface area (Å²) in [5.74, 6) is 1.06. The van der Waals surface area contributed by atoms with Crippen LogP contribution in [0.15, 0.2) is 28.7 Å². The summed E-state index contributed by atoms with van der Waals surface area (Å²) >= 11 is 0. The van der Waals surface area contributed by atoms with Crippen LogP contribution in [0.5, 0.6) is 0 Å². The largest absolute Gasteiger partial charge is 0.461 e. The van der Waals surface area contributed by atoms with Gasteiger partial charge in [-0.3, -0.25) is 0 Å². The number of benzene rings is 1. The summed E-state index contributed by atoms with van der Waals surface area (Å²) in [7, 11) is 0. The Balaban J connectivity index is 2.24. The molecule has 2 aromatic rings. The Morgan fingerprint density at radius 2 is 2.14 bits per heavy atom. The number of aryl methyl sites for hydroxylation is 1. The zero-order valence-electron chi connectivity index (χ0n) is 8.21. The first kappa shape index (κ1) is 8.06. The van der Waals surface area contributed by atoms with Crippen LogP contribution in [-0.4, -0.2) is 6.54 Å². The van der Waals surface area contributed by atoms with Crippen LogP contribution in [0.2, 0.25) is 0 Å². The second kappa shape index (κ2) is 2.85. The number of para-hydroxylation sites is 1. The highest BCUT2D eigenvalue weighted by Gasteiger charge is 2.24. The van der Waals surface area contributed by atoms with Crippen LogP contribution in [0.1, 0.15) is 23.8 Å². The van der Waals surface area contributed by atoms with Crippen molar-refractivity contribution in [2.24, 2.45) is 0 Å². The van der Waals surface area contributed by atoms with E-state index < -0.39 is 0 Å². The van der Waals surface area contributed by atoms with Gasteiger partial charge in [0.25, 0.3) is 0 Å². The summed E-state index contributed by atoms with van der Waals surface area (Å²) in [5, 5.41) is 4.69. The van der Waals surface area contributed by atoms with E-state index in [4.69, 9.17) is 4.42 Å². The molecule has 0 aliphatic carbocycles. The number of nitrogens with one attached hydrogen (secondary N) is 1. The van der Waals surface area contributed by atoms with Gasteiger partial charge in [-0.25, -0.2) is 0 Å². The molecule has 3 rings (SSSR count). The average Bonchev–Trinajstić information content (AvgIpc) is 2.41. The van der Waals surface area contributed by atoms with E-state index in [-0.39, 0.29) is 0 Å². The van der Waals surface area contributed by atoms with E-state index in [0.717, 1.165) is 17.9 Å². The van der Waals surface area contributed by atoms with Crippen LogP contribution in [0.3, 0.4) is 0 Å². The highest BCUT2D eigenvalue weighted by molar-refractivity contribution is 5.82. The average molecular weight is 187 g/mol. The molecule has 0 bridgehead atoms. The Hall–Kier alpha value is -1.28. The summed E-state index contributed by atoms with van der Waals surface area (Å²) < 4.78 is 5.72. The molecular weight excluding hydrogens is 174 g/mol. The third kappa shape index (κ3) is 1.01. The van der Waals surface area contributed by atoms with Crippen molar-refractivity contribution in [1.82, 2.24) is 5.32 Å². The van der Waals surface area contributed by atoms with Crippen molar-refractivity contribution in [1.29, 1.82) is 0 Å². The van der Waals surface area contributed by atoms with E-state index >= 15 is 0 Å². The molecule has 0 spiro atoms. The fraction of sp³-hybridized carbons (Fsp3) is 0.333. The minimum atomic E-state index is 0.513. The molecule has 0 saturated carbocycles.